The number of carbonyl (C=O) groups excluding carboxylic acids is 1. The number of anilines is 1. The molecule has 5 heteroatoms. The zero-order valence-corrected chi connectivity index (χ0v) is 16.9. The largest absolute Gasteiger partial charge is 0.327 e. The number of aromatic nitrogens is 1. The summed E-state index contributed by atoms with van der Waals surface area (Å²) in [6.07, 6.45) is 1.63. The third-order valence-corrected chi connectivity index (χ3v) is 5.55. The van der Waals surface area contributed by atoms with Crippen molar-refractivity contribution in [3.63, 3.8) is 0 Å². The second-order valence-corrected chi connectivity index (χ2v) is 7.58. The van der Waals surface area contributed by atoms with E-state index < -0.39 is 0 Å². The number of pyridine rings is 1. The lowest BCUT2D eigenvalue weighted by molar-refractivity contribution is 0.250. The van der Waals surface area contributed by atoms with Crippen molar-refractivity contribution in [2.75, 3.05) is 5.32 Å². The van der Waals surface area contributed by atoms with E-state index in [-0.39, 0.29) is 17.9 Å². The molecule has 1 heterocycles. The minimum absolute atomic E-state index is 0.236. The lowest BCUT2D eigenvalue weighted by Crippen LogP contribution is -2.32. The Hall–Kier alpha value is -3.99. The van der Waals surface area contributed by atoms with Crippen LogP contribution in [-0.2, 0) is 0 Å². The van der Waals surface area contributed by atoms with Crippen LogP contribution < -0.4 is 10.6 Å². The van der Waals surface area contributed by atoms with Crippen molar-refractivity contribution in [1.82, 2.24) is 10.3 Å². The molecule has 4 nitrogen and oxygen atoms in total. The predicted octanol–water partition coefficient (Wildman–Crippen LogP) is 6.09. The van der Waals surface area contributed by atoms with Crippen molar-refractivity contribution in [2.45, 2.75) is 13.0 Å². The molecular formula is C26H20FN3O. The summed E-state index contributed by atoms with van der Waals surface area (Å²) in [5, 5.41) is 6.04. The molecule has 2 N–H and O–H groups in total. The summed E-state index contributed by atoms with van der Waals surface area (Å²) in [6, 6.07) is 23.7. The first-order chi connectivity index (χ1) is 15.1. The smallest absolute Gasteiger partial charge is 0.320 e. The first-order valence-corrected chi connectivity index (χ1v) is 10.1. The van der Waals surface area contributed by atoms with Crippen LogP contribution in [0.2, 0.25) is 0 Å². The molecule has 3 aromatic carbocycles. The van der Waals surface area contributed by atoms with Gasteiger partial charge in [0.05, 0.1) is 17.9 Å². The average Bonchev–Trinajstić information content (AvgIpc) is 3.09. The van der Waals surface area contributed by atoms with Gasteiger partial charge in [-0.1, -0.05) is 60.7 Å². The zero-order valence-electron chi connectivity index (χ0n) is 16.9. The Morgan fingerprint density at radius 2 is 1.48 bits per heavy atom. The SMILES string of the molecule is Cc1cc(-c2ccc(F)cc2)c(NC(=O)NC2c3ccccc3-c3ccccc32)cn1. The molecule has 0 saturated heterocycles. The first-order valence-electron chi connectivity index (χ1n) is 10.1. The Labute approximate surface area is 179 Å². The molecule has 2 amide bonds. The van der Waals surface area contributed by atoms with E-state index >= 15 is 0 Å². The Bertz CT molecular complexity index is 1240. The summed E-state index contributed by atoms with van der Waals surface area (Å²) < 4.78 is 13.4. The molecule has 0 bridgehead atoms. The third-order valence-electron chi connectivity index (χ3n) is 5.55. The number of benzene rings is 3. The molecule has 0 fully saturated rings. The molecule has 0 radical (unpaired) electrons. The number of halogens is 1. The highest BCUT2D eigenvalue weighted by molar-refractivity contribution is 5.95. The van der Waals surface area contributed by atoms with Gasteiger partial charge in [-0.2, -0.15) is 0 Å². The van der Waals surface area contributed by atoms with E-state index in [1.54, 1.807) is 18.3 Å². The predicted molar refractivity (Wildman–Crippen MR) is 120 cm³/mol. The molecule has 0 spiro atoms. The number of aryl methyl sites for hydroxylation is 1. The Kier molecular flexibility index (Phi) is 4.71. The van der Waals surface area contributed by atoms with Gasteiger partial charge in [-0.25, -0.2) is 9.18 Å². The quantitative estimate of drug-likeness (QED) is 0.430. The molecule has 152 valence electrons. The van der Waals surface area contributed by atoms with Crippen LogP contribution in [0.4, 0.5) is 14.9 Å². The van der Waals surface area contributed by atoms with E-state index in [4.69, 9.17) is 0 Å². The summed E-state index contributed by atoms with van der Waals surface area (Å²) in [4.78, 5) is 17.3. The molecule has 4 aromatic rings. The van der Waals surface area contributed by atoms with Crippen molar-refractivity contribution >= 4 is 11.7 Å². The van der Waals surface area contributed by atoms with E-state index in [2.05, 4.69) is 27.8 Å². The minimum Gasteiger partial charge on any atom is -0.327 e. The number of nitrogens with zero attached hydrogens (tertiary/aromatic N) is 1. The van der Waals surface area contributed by atoms with Gasteiger partial charge in [0.1, 0.15) is 5.82 Å². The van der Waals surface area contributed by atoms with Gasteiger partial charge in [0.25, 0.3) is 0 Å². The van der Waals surface area contributed by atoms with Crippen LogP contribution in [-0.4, -0.2) is 11.0 Å². The summed E-state index contributed by atoms with van der Waals surface area (Å²) in [5.74, 6) is -0.305. The highest BCUT2D eigenvalue weighted by atomic mass is 19.1. The van der Waals surface area contributed by atoms with Crippen molar-refractivity contribution in [3.05, 3.63) is 108 Å². The van der Waals surface area contributed by atoms with E-state index in [9.17, 15) is 9.18 Å². The van der Waals surface area contributed by atoms with Gasteiger partial charge in [-0.3, -0.25) is 4.98 Å². The molecular weight excluding hydrogens is 389 g/mol. The summed E-state index contributed by atoms with van der Waals surface area (Å²) in [7, 11) is 0. The number of urea groups is 1. The van der Waals surface area contributed by atoms with Gasteiger partial charge >= 0.3 is 6.03 Å². The highest BCUT2D eigenvalue weighted by Crippen LogP contribution is 2.43. The third kappa shape index (κ3) is 3.55. The van der Waals surface area contributed by atoms with Gasteiger partial charge in [0, 0.05) is 11.3 Å². The van der Waals surface area contributed by atoms with Gasteiger partial charge in [-0.05, 0) is 52.9 Å². The van der Waals surface area contributed by atoms with Crippen LogP contribution in [0.3, 0.4) is 0 Å². The Morgan fingerprint density at radius 1 is 0.871 bits per heavy atom. The van der Waals surface area contributed by atoms with Crippen LogP contribution >= 0.6 is 0 Å². The van der Waals surface area contributed by atoms with Crippen LogP contribution in [0.5, 0.6) is 0 Å². The van der Waals surface area contributed by atoms with Gasteiger partial charge < -0.3 is 10.6 Å². The topological polar surface area (TPSA) is 54.0 Å². The molecule has 0 saturated carbocycles. The fourth-order valence-corrected chi connectivity index (χ4v) is 4.13. The maximum Gasteiger partial charge on any atom is 0.320 e. The standard InChI is InChI=1S/C26H20FN3O/c1-16-14-23(17-10-12-18(27)13-11-17)24(15-28-16)29-26(31)30-25-21-8-4-2-6-19(21)20-7-3-5-9-22(20)25/h2-15,25H,1H3,(H2,29,30,31). The van der Waals surface area contributed by atoms with Crippen molar-refractivity contribution in [1.29, 1.82) is 0 Å². The van der Waals surface area contributed by atoms with E-state index in [1.807, 2.05) is 49.4 Å². The van der Waals surface area contributed by atoms with E-state index in [0.717, 1.165) is 39.1 Å². The van der Waals surface area contributed by atoms with Crippen LogP contribution in [0, 0.1) is 12.7 Å². The number of hydrogen-bond acceptors (Lipinski definition) is 2. The fraction of sp³-hybridized carbons (Fsp3) is 0.0769. The van der Waals surface area contributed by atoms with Crippen molar-refractivity contribution < 1.29 is 9.18 Å². The molecule has 1 aromatic heterocycles. The molecule has 5 rings (SSSR count). The minimum atomic E-state index is -0.328. The van der Waals surface area contributed by atoms with Gasteiger partial charge in [0.15, 0.2) is 0 Å². The zero-order chi connectivity index (χ0) is 21.4. The normalized spacial score (nSPS) is 12.2. The second-order valence-electron chi connectivity index (χ2n) is 7.58. The van der Waals surface area contributed by atoms with Gasteiger partial charge in [-0.15, -0.1) is 0 Å². The Balaban J connectivity index is 1.44. The maximum absolute atomic E-state index is 13.4. The van der Waals surface area contributed by atoms with Crippen molar-refractivity contribution in [3.8, 4) is 22.3 Å². The number of nitrogens with one attached hydrogen (secondary N) is 2. The maximum atomic E-state index is 13.4. The van der Waals surface area contributed by atoms with Crippen LogP contribution in [0.25, 0.3) is 22.3 Å². The number of hydrogen-bond donors (Lipinski definition) is 2. The van der Waals surface area contributed by atoms with Crippen LogP contribution in [0.15, 0.2) is 85.1 Å². The molecule has 0 atom stereocenters. The number of amides is 2. The average molecular weight is 409 g/mol. The molecule has 1 aliphatic carbocycles. The van der Waals surface area contributed by atoms with E-state index in [1.165, 1.54) is 12.1 Å². The monoisotopic (exact) mass is 409 g/mol. The summed E-state index contributed by atoms with van der Waals surface area (Å²) in [5.41, 5.74) is 7.37. The van der Waals surface area contributed by atoms with Crippen molar-refractivity contribution in [2.24, 2.45) is 0 Å². The van der Waals surface area contributed by atoms with Gasteiger partial charge in [0.2, 0.25) is 0 Å². The fourth-order valence-electron chi connectivity index (χ4n) is 4.13. The summed E-state index contributed by atoms with van der Waals surface area (Å²) in [6.45, 7) is 1.88. The molecule has 0 unspecified atom stereocenters. The molecule has 0 aliphatic heterocycles. The van der Waals surface area contributed by atoms with E-state index in [0.29, 0.717) is 5.69 Å². The van der Waals surface area contributed by atoms with Crippen LogP contribution in [0.1, 0.15) is 22.9 Å². The molecule has 31 heavy (non-hydrogen) atoms. The molecule has 1 aliphatic rings. The summed E-state index contributed by atoms with van der Waals surface area (Å²) >= 11 is 0. The lowest BCUT2D eigenvalue weighted by Gasteiger charge is -2.18. The Morgan fingerprint density at radius 3 is 2.13 bits per heavy atom. The lowest BCUT2D eigenvalue weighted by atomic mass is 10.0. The first kappa shape index (κ1) is 19.0. The highest BCUT2D eigenvalue weighted by Gasteiger charge is 2.29. The number of rotatable bonds is 3. The number of fused-ring (bicyclic) bond motifs is 3. The number of carbonyl (C=O) groups is 1. The second kappa shape index (κ2) is 7.69.